The number of aliphatic hydroxyl groups excluding tert-OH is 1. The summed E-state index contributed by atoms with van der Waals surface area (Å²) in [5.41, 5.74) is 3.05. The van der Waals surface area contributed by atoms with E-state index in [1.165, 1.54) is 12.1 Å². The minimum absolute atomic E-state index is 0.0809. The van der Waals surface area contributed by atoms with E-state index in [2.05, 4.69) is 4.90 Å². The Balaban J connectivity index is 1.66. The van der Waals surface area contributed by atoms with E-state index in [-0.39, 0.29) is 17.7 Å². The van der Waals surface area contributed by atoms with Crippen LogP contribution in [0.25, 0.3) is 6.08 Å². The van der Waals surface area contributed by atoms with E-state index in [1.807, 2.05) is 24.3 Å². The number of rotatable bonds is 4. The predicted octanol–water partition coefficient (Wildman–Crippen LogP) is 3.99. The fourth-order valence-corrected chi connectivity index (χ4v) is 3.00. The molecule has 0 aromatic heterocycles. The van der Waals surface area contributed by atoms with Gasteiger partial charge in [0.25, 0.3) is 0 Å². The molecule has 2 aromatic carbocycles. The number of carbonyl (C=O) groups is 1. The number of hydrogen-bond acceptors (Lipinski definition) is 3. The minimum Gasteiger partial charge on any atom is -0.393 e. The Morgan fingerprint density at radius 3 is 2.48 bits per heavy atom. The average Bonchev–Trinajstić information content (AvgIpc) is 2.63. The Morgan fingerprint density at radius 1 is 1.16 bits per heavy atom. The molecule has 0 bridgehead atoms. The van der Waals surface area contributed by atoms with E-state index in [0.717, 1.165) is 37.2 Å². The maximum Gasteiger partial charge on any atom is 0.185 e. The smallest absolute Gasteiger partial charge is 0.185 e. The van der Waals surface area contributed by atoms with Gasteiger partial charge < -0.3 is 10.0 Å². The molecule has 1 aliphatic heterocycles. The Labute approximate surface area is 147 Å². The largest absolute Gasteiger partial charge is 0.393 e. The van der Waals surface area contributed by atoms with Gasteiger partial charge in [-0.25, -0.2) is 4.39 Å². The van der Waals surface area contributed by atoms with E-state index >= 15 is 0 Å². The number of aryl methyl sites for hydroxylation is 1. The van der Waals surface area contributed by atoms with Crippen LogP contribution in [0.2, 0.25) is 0 Å². The summed E-state index contributed by atoms with van der Waals surface area (Å²) >= 11 is 0. The van der Waals surface area contributed by atoms with Gasteiger partial charge in [0, 0.05) is 24.3 Å². The molecule has 1 N–H and O–H groups in total. The first-order chi connectivity index (χ1) is 12.0. The van der Waals surface area contributed by atoms with Crippen LogP contribution in [0.1, 0.15) is 34.3 Å². The van der Waals surface area contributed by atoms with Crippen molar-refractivity contribution in [3.8, 4) is 0 Å². The van der Waals surface area contributed by atoms with Gasteiger partial charge in [0.1, 0.15) is 5.82 Å². The first-order valence-corrected chi connectivity index (χ1v) is 8.54. The zero-order valence-electron chi connectivity index (χ0n) is 14.3. The second-order valence-corrected chi connectivity index (χ2v) is 6.47. The van der Waals surface area contributed by atoms with Crippen molar-refractivity contribution in [1.29, 1.82) is 0 Å². The molecule has 0 amide bonds. The van der Waals surface area contributed by atoms with Gasteiger partial charge >= 0.3 is 0 Å². The lowest BCUT2D eigenvalue weighted by molar-refractivity contribution is 0.104. The molecule has 1 fully saturated rings. The fraction of sp³-hybridized carbons (Fsp3) is 0.286. The third-order valence-electron chi connectivity index (χ3n) is 4.59. The SMILES string of the molecule is Cc1cc(C=CC(=O)c2ccc(N3CCC(O)CC3)cc2)ccc1F. The lowest BCUT2D eigenvalue weighted by atomic mass is 10.0. The molecule has 2 aromatic rings. The van der Waals surface area contributed by atoms with Crippen LogP contribution in [0.5, 0.6) is 0 Å². The van der Waals surface area contributed by atoms with Crippen molar-refractivity contribution in [2.45, 2.75) is 25.9 Å². The summed E-state index contributed by atoms with van der Waals surface area (Å²) in [4.78, 5) is 14.5. The number of allylic oxidation sites excluding steroid dienone is 1. The first-order valence-electron chi connectivity index (χ1n) is 8.54. The number of carbonyl (C=O) groups excluding carboxylic acids is 1. The van der Waals surface area contributed by atoms with Crippen LogP contribution in [0, 0.1) is 12.7 Å². The number of benzene rings is 2. The topological polar surface area (TPSA) is 40.5 Å². The summed E-state index contributed by atoms with van der Waals surface area (Å²) in [6.07, 6.45) is 4.58. The summed E-state index contributed by atoms with van der Waals surface area (Å²) in [7, 11) is 0. The zero-order chi connectivity index (χ0) is 17.8. The normalized spacial score (nSPS) is 15.7. The van der Waals surface area contributed by atoms with Gasteiger partial charge in [-0.15, -0.1) is 0 Å². The Hall–Kier alpha value is -2.46. The average molecular weight is 339 g/mol. The van der Waals surface area contributed by atoms with Crippen molar-refractivity contribution in [3.05, 3.63) is 71.0 Å². The number of halogens is 1. The summed E-state index contributed by atoms with van der Waals surface area (Å²) < 4.78 is 13.3. The quantitative estimate of drug-likeness (QED) is 0.676. The van der Waals surface area contributed by atoms with E-state index in [0.29, 0.717) is 11.1 Å². The Morgan fingerprint density at radius 2 is 1.84 bits per heavy atom. The predicted molar refractivity (Wildman–Crippen MR) is 98.4 cm³/mol. The number of piperidine rings is 1. The summed E-state index contributed by atoms with van der Waals surface area (Å²) in [6.45, 7) is 3.36. The molecule has 0 spiro atoms. The van der Waals surface area contributed by atoms with Crippen molar-refractivity contribution < 1.29 is 14.3 Å². The van der Waals surface area contributed by atoms with Gasteiger partial charge in [-0.05, 0) is 73.4 Å². The van der Waals surface area contributed by atoms with Gasteiger partial charge in [-0.3, -0.25) is 4.79 Å². The molecule has 1 aliphatic rings. The highest BCUT2D eigenvalue weighted by Gasteiger charge is 2.17. The van der Waals surface area contributed by atoms with Crippen LogP contribution in [0.3, 0.4) is 0 Å². The van der Waals surface area contributed by atoms with E-state index in [4.69, 9.17) is 0 Å². The van der Waals surface area contributed by atoms with Gasteiger partial charge in [-0.2, -0.15) is 0 Å². The molecule has 3 rings (SSSR count). The zero-order valence-corrected chi connectivity index (χ0v) is 14.3. The molecule has 1 heterocycles. The Bertz CT molecular complexity index is 775. The maximum absolute atomic E-state index is 13.3. The maximum atomic E-state index is 13.3. The molecule has 130 valence electrons. The minimum atomic E-state index is -0.246. The first kappa shape index (κ1) is 17.4. The lowest BCUT2D eigenvalue weighted by Crippen LogP contribution is -2.35. The van der Waals surface area contributed by atoms with Crippen LogP contribution in [0.4, 0.5) is 10.1 Å². The highest BCUT2D eigenvalue weighted by Crippen LogP contribution is 2.21. The highest BCUT2D eigenvalue weighted by atomic mass is 19.1. The number of hydrogen-bond donors (Lipinski definition) is 1. The van der Waals surface area contributed by atoms with Gasteiger partial charge in [-0.1, -0.05) is 12.1 Å². The van der Waals surface area contributed by atoms with Crippen LogP contribution in [-0.2, 0) is 0 Å². The molecular formula is C21H22FNO2. The van der Waals surface area contributed by atoms with Crippen LogP contribution >= 0.6 is 0 Å². The number of aliphatic hydroxyl groups is 1. The summed E-state index contributed by atoms with van der Waals surface area (Å²) in [5, 5.41) is 9.58. The van der Waals surface area contributed by atoms with Crippen molar-refractivity contribution in [2.75, 3.05) is 18.0 Å². The summed E-state index contributed by atoms with van der Waals surface area (Å²) in [6, 6.07) is 12.3. The molecule has 4 heteroatoms. The van der Waals surface area contributed by atoms with E-state index in [1.54, 1.807) is 25.1 Å². The third kappa shape index (κ3) is 4.34. The van der Waals surface area contributed by atoms with E-state index < -0.39 is 0 Å². The Kier molecular flexibility index (Phi) is 5.29. The second kappa shape index (κ2) is 7.62. The molecule has 0 saturated carbocycles. The van der Waals surface area contributed by atoms with Crippen molar-refractivity contribution in [1.82, 2.24) is 0 Å². The lowest BCUT2D eigenvalue weighted by Gasteiger charge is -2.31. The number of nitrogens with zero attached hydrogens (tertiary/aromatic N) is 1. The molecule has 0 atom stereocenters. The van der Waals surface area contributed by atoms with E-state index in [9.17, 15) is 14.3 Å². The van der Waals surface area contributed by atoms with Crippen molar-refractivity contribution in [2.24, 2.45) is 0 Å². The molecule has 25 heavy (non-hydrogen) atoms. The molecular weight excluding hydrogens is 317 g/mol. The van der Waals surface area contributed by atoms with Crippen molar-refractivity contribution in [3.63, 3.8) is 0 Å². The van der Waals surface area contributed by atoms with Crippen LogP contribution in [-0.4, -0.2) is 30.1 Å². The van der Waals surface area contributed by atoms with Crippen LogP contribution < -0.4 is 4.90 Å². The van der Waals surface area contributed by atoms with Crippen LogP contribution in [0.15, 0.2) is 48.5 Å². The number of ketones is 1. The molecule has 1 saturated heterocycles. The molecule has 3 nitrogen and oxygen atoms in total. The van der Waals surface area contributed by atoms with Gasteiger partial charge in [0.05, 0.1) is 6.10 Å². The monoisotopic (exact) mass is 339 g/mol. The number of anilines is 1. The highest BCUT2D eigenvalue weighted by molar-refractivity contribution is 6.07. The third-order valence-corrected chi connectivity index (χ3v) is 4.59. The molecule has 0 aliphatic carbocycles. The van der Waals surface area contributed by atoms with Crippen molar-refractivity contribution >= 4 is 17.5 Å². The molecule has 0 unspecified atom stereocenters. The van der Waals surface area contributed by atoms with Gasteiger partial charge in [0.15, 0.2) is 5.78 Å². The second-order valence-electron chi connectivity index (χ2n) is 6.47. The summed E-state index contributed by atoms with van der Waals surface area (Å²) in [5.74, 6) is -0.327. The molecule has 0 radical (unpaired) electrons. The van der Waals surface area contributed by atoms with Gasteiger partial charge in [0.2, 0.25) is 0 Å². The fourth-order valence-electron chi connectivity index (χ4n) is 3.00. The standard InChI is InChI=1S/C21H22FNO2/c1-15-14-16(2-8-20(15)22)3-9-21(25)17-4-6-18(7-5-17)23-12-10-19(24)11-13-23/h2-9,14,19,24H,10-13H2,1H3.